The van der Waals surface area contributed by atoms with Gasteiger partial charge in [-0.05, 0) is 38.9 Å². The second-order valence-corrected chi connectivity index (χ2v) is 8.12. The highest BCUT2D eigenvalue weighted by atomic mass is 16.2. The third-order valence-corrected chi connectivity index (χ3v) is 5.77. The van der Waals surface area contributed by atoms with Crippen LogP contribution >= 0.6 is 0 Å². The van der Waals surface area contributed by atoms with Crippen LogP contribution in [-0.4, -0.2) is 11.6 Å². The quantitative estimate of drug-likeness (QED) is 0.437. The molecule has 3 aromatic carbocycles. The van der Waals surface area contributed by atoms with Gasteiger partial charge in [0.2, 0.25) is 0 Å². The number of ketones is 2. The molecule has 4 rings (SSSR count). The molecule has 0 fully saturated rings. The van der Waals surface area contributed by atoms with Gasteiger partial charge in [-0.1, -0.05) is 76.2 Å². The Hall–Kier alpha value is -2.48. The maximum Gasteiger partial charge on any atom is 0.174 e. The average molecular weight is 344 g/mol. The van der Waals surface area contributed by atoms with Crippen LogP contribution in [-0.2, 0) is 4.79 Å². The minimum Gasteiger partial charge on any atom is -0.298 e. The lowest BCUT2D eigenvalue weighted by Gasteiger charge is -2.34. The number of carbonyl (C=O) groups is 2. The SMILES string of the molecule is CC(C)C1C(=O)c2c(ccc3c2ccc2ccccc23)C(C(C)C)C1=O. The van der Waals surface area contributed by atoms with Gasteiger partial charge in [-0.2, -0.15) is 0 Å². The van der Waals surface area contributed by atoms with Crippen LogP contribution in [0.3, 0.4) is 0 Å². The van der Waals surface area contributed by atoms with Crippen molar-refractivity contribution in [2.45, 2.75) is 33.6 Å². The van der Waals surface area contributed by atoms with Gasteiger partial charge >= 0.3 is 0 Å². The van der Waals surface area contributed by atoms with Gasteiger partial charge in [0, 0.05) is 11.5 Å². The highest BCUT2D eigenvalue weighted by Crippen LogP contribution is 2.43. The first-order valence-corrected chi connectivity index (χ1v) is 9.44. The normalized spacial score (nSPS) is 20.4. The molecule has 0 bridgehead atoms. The van der Waals surface area contributed by atoms with Crippen LogP contribution < -0.4 is 0 Å². The van der Waals surface area contributed by atoms with Gasteiger partial charge in [-0.15, -0.1) is 0 Å². The number of Topliss-reactive ketones (excluding diaryl/α,β-unsaturated/α-hetero) is 2. The van der Waals surface area contributed by atoms with E-state index in [0.717, 1.165) is 27.3 Å². The van der Waals surface area contributed by atoms with Gasteiger partial charge in [-0.3, -0.25) is 9.59 Å². The average Bonchev–Trinajstić information content (AvgIpc) is 2.60. The molecule has 1 aliphatic carbocycles. The van der Waals surface area contributed by atoms with Crippen LogP contribution in [0.25, 0.3) is 21.5 Å². The van der Waals surface area contributed by atoms with E-state index in [1.165, 1.54) is 5.39 Å². The molecule has 0 N–H and O–H groups in total. The summed E-state index contributed by atoms with van der Waals surface area (Å²) in [4.78, 5) is 26.5. The van der Waals surface area contributed by atoms with E-state index in [-0.39, 0.29) is 29.3 Å². The maximum absolute atomic E-state index is 13.4. The summed E-state index contributed by atoms with van der Waals surface area (Å²) in [6, 6.07) is 16.5. The Morgan fingerprint density at radius 3 is 2.04 bits per heavy atom. The zero-order valence-electron chi connectivity index (χ0n) is 15.7. The zero-order valence-corrected chi connectivity index (χ0v) is 15.7. The molecule has 0 aliphatic heterocycles. The lowest BCUT2D eigenvalue weighted by molar-refractivity contribution is -0.125. The Balaban J connectivity index is 2.09. The number of hydrogen-bond acceptors (Lipinski definition) is 2. The Morgan fingerprint density at radius 1 is 0.692 bits per heavy atom. The molecule has 2 unspecified atom stereocenters. The summed E-state index contributed by atoms with van der Waals surface area (Å²) >= 11 is 0. The van der Waals surface area contributed by atoms with E-state index in [0.29, 0.717) is 0 Å². The molecule has 0 aromatic heterocycles. The van der Waals surface area contributed by atoms with Gasteiger partial charge < -0.3 is 0 Å². The first kappa shape index (κ1) is 17.0. The van der Waals surface area contributed by atoms with Gasteiger partial charge in [0.05, 0.1) is 5.92 Å². The predicted octanol–water partition coefficient (Wildman–Crippen LogP) is 5.77. The molecule has 0 spiro atoms. The summed E-state index contributed by atoms with van der Waals surface area (Å²) in [5.74, 6) is -0.461. The monoisotopic (exact) mass is 344 g/mol. The summed E-state index contributed by atoms with van der Waals surface area (Å²) in [5, 5.41) is 4.39. The largest absolute Gasteiger partial charge is 0.298 e. The number of hydrogen-bond donors (Lipinski definition) is 0. The van der Waals surface area contributed by atoms with Gasteiger partial charge in [-0.25, -0.2) is 0 Å². The molecule has 132 valence electrons. The summed E-state index contributed by atoms with van der Waals surface area (Å²) in [6.07, 6.45) is 0. The van der Waals surface area contributed by atoms with E-state index in [1.807, 2.05) is 32.0 Å². The standard InChI is InChI=1S/C24H24O2/c1-13(2)20-19-12-11-17-16-8-6-5-7-15(16)9-10-18(17)22(19)24(26)21(14(3)4)23(20)25/h5-14,20-21H,1-4H3. The van der Waals surface area contributed by atoms with Crippen LogP contribution in [0, 0.1) is 17.8 Å². The summed E-state index contributed by atoms with van der Waals surface area (Å²) in [6.45, 7) is 8.10. The topological polar surface area (TPSA) is 34.1 Å². The van der Waals surface area contributed by atoms with E-state index in [4.69, 9.17) is 0 Å². The van der Waals surface area contributed by atoms with Crippen LogP contribution in [0.2, 0.25) is 0 Å². The maximum atomic E-state index is 13.4. The molecule has 2 nitrogen and oxygen atoms in total. The van der Waals surface area contributed by atoms with Crippen molar-refractivity contribution in [3.8, 4) is 0 Å². The molecule has 0 amide bonds. The summed E-state index contributed by atoms with van der Waals surface area (Å²) in [5.41, 5.74) is 1.68. The Morgan fingerprint density at radius 2 is 1.35 bits per heavy atom. The minimum atomic E-state index is -0.535. The molecule has 0 heterocycles. The fraction of sp³-hybridized carbons (Fsp3) is 0.333. The van der Waals surface area contributed by atoms with Gasteiger partial charge in [0.15, 0.2) is 11.6 Å². The van der Waals surface area contributed by atoms with Crippen LogP contribution in [0.15, 0.2) is 48.5 Å². The fourth-order valence-electron chi connectivity index (χ4n) is 4.59. The Labute approximate surface area is 154 Å². The van der Waals surface area contributed by atoms with Crippen molar-refractivity contribution in [1.29, 1.82) is 0 Å². The molecular weight excluding hydrogens is 320 g/mol. The highest BCUT2D eigenvalue weighted by molar-refractivity contribution is 6.24. The van der Waals surface area contributed by atoms with E-state index < -0.39 is 5.92 Å². The van der Waals surface area contributed by atoms with E-state index in [1.54, 1.807) is 0 Å². The molecule has 1 aliphatic rings. The molecular formula is C24H24O2. The van der Waals surface area contributed by atoms with Crippen LogP contribution in [0.1, 0.15) is 49.5 Å². The number of carbonyl (C=O) groups excluding carboxylic acids is 2. The first-order valence-electron chi connectivity index (χ1n) is 9.44. The van der Waals surface area contributed by atoms with Crippen molar-refractivity contribution in [3.63, 3.8) is 0 Å². The zero-order chi connectivity index (χ0) is 18.6. The van der Waals surface area contributed by atoms with E-state index in [2.05, 4.69) is 44.2 Å². The number of rotatable bonds is 2. The highest BCUT2D eigenvalue weighted by Gasteiger charge is 2.44. The minimum absolute atomic E-state index is 0.00205. The third-order valence-electron chi connectivity index (χ3n) is 5.77. The molecule has 26 heavy (non-hydrogen) atoms. The summed E-state index contributed by atoms with van der Waals surface area (Å²) < 4.78 is 0. The smallest absolute Gasteiger partial charge is 0.174 e. The van der Waals surface area contributed by atoms with E-state index in [9.17, 15) is 9.59 Å². The second kappa shape index (κ2) is 6.05. The van der Waals surface area contributed by atoms with Crippen LogP contribution in [0.4, 0.5) is 0 Å². The second-order valence-electron chi connectivity index (χ2n) is 8.12. The molecule has 2 atom stereocenters. The van der Waals surface area contributed by atoms with Crippen molar-refractivity contribution < 1.29 is 9.59 Å². The summed E-state index contributed by atoms with van der Waals surface area (Å²) in [7, 11) is 0. The van der Waals surface area contributed by atoms with Crippen molar-refractivity contribution in [2.75, 3.05) is 0 Å². The predicted molar refractivity (Wildman–Crippen MR) is 107 cm³/mol. The molecule has 0 radical (unpaired) electrons. The molecule has 0 saturated heterocycles. The van der Waals surface area contributed by atoms with E-state index >= 15 is 0 Å². The van der Waals surface area contributed by atoms with Gasteiger partial charge in [0.25, 0.3) is 0 Å². The molecule has 2 heteroatoms. The van der Waals surface area contributed by atoms with Crippen LogP contribution in [0.5, 0.6) is 0 Å². The van der Waals surface area contributed by atoms with Crippen molar-refractivity contribution >= 4 is 33.1 Å². The Bertz CT molecular complexity index is 1040. The lowest BCUT2D eigenvalue weighted by atomic mass is 9.66. The molecule has 0 saturated carbocycles. The lowest BCUT2D eigenvalue weighted by Crippen LogP contribution is -2.40. The van der Waals surface area contributed by atoms with Crippen molar-refractivity contribution in [3.05, 3.63) is 59.7 Å². The van der Waals surface area contributed by atoms with Crippen molar-refractivity contribution in [1.82, 2.24) is 0 Å². The first-order chi connectivity index (χ1) is 12.4. The van der Waals surface area contributed by atoms with Crippen molar-refractivity contribution in [2.24, 2.45) is 17.8 Å². The number of benzene rings is 3. The third kappa shape index (κ3) is 2.32. The van der Waals surface area contributed by atoms with Gasteiger partial charge in [0.1, 0.15) is 0 Å². The molecule has 3 aromatic rings. The fourth-order valence-corrected chi connectivity index (χ4v) is 4.59. The number of fused-ring (bicyclic) bond motifs is 5. The Kier molecular flexibility index (Phi) is 3.95.